The molecule has 1 atom stereocenters. The van der Waals surface area contributed by atoms with E-state index >= 15 is 0 Å². The third-order valence-electron chi connectivity index (χ3n) is 1.94. The molecule has 0 saturated carbocycles. The Kier molecular flexibility index (Phi) is 2.87. The van der Waals surface area contributed by atoms with Gasteiger partial charge < -0.3 is 0 Å². The summed E-state index contributed by atoms with van der Waals surface area (Å²) in [6.45, 7) is 9.56. The molecule has 0 spiro atoms. The van der Waals surface area contributed by atoms with Crippen molar-refractivity contribution in [3.05, 3.63) is 54.5 Å². The maximum Gasteiger partial charge on any atom is 0.0991 e. The Balaban J connectivity index is 3.17. The number of allylic oxidation sites excluding steroid dienone is 1. The molecule has 0 aliphatic heterocycles. The summed E-state index contributed by atoms with van der Waals surface area (Å²) in [6.07, 6.45) is 1.77. The van der Waals surface area contributed by atoms with Crippen molar-refractivity contribution in [2.24, 2.45) is 0 Å². The van der Waals surface area contributed by atoms with Gasteiger partial charge in [-0.15, -0.1) is 6.58 Å². The summed E-state index contributed by atoms with van der Waals surface area (Å²) in [5.41, 5.74) is 2.82. The van der Waals surface area contributed by atoms with Crippen molar-refractivity contribution in [3.63, 3.8) is 0 Å². The van der Waals surface area contributed by atoms with Gasteiger partial charge >= 0.3 is 0 Å². The largest absolute Gasteiger partial charge is 0.192 e. The van der Waals surface area contributed by atoms with Gasteiger partial charge in [-0.2, -0.15) is 5.26 Å². The first-order valence-corrected chi connectivity index (χ1v) is 4.14. The Bertz CT molecular complexity index is 358. The third-order valence-corrected chi connectivity index (χ3v) is 1.94. The van der Waals surface area contributed by atoms with Crippen molar-refractivity contribution in [2.45, 2.75) is 12.8 Å². The van der Waals surface area contributed by atoms with Crippen LogP contribution in [0, 0.1) is 25.2 Å². The molecule has 1 rings (SSSR count). The first-order valence-electron chi connectivity index (χ1n) is 4.14. The Morgan fingerprint density at radius 1 is 1.46 bits per heavy atom. The van der Waals surface area contributed by atoms with E-state index in [0.29, 0.717) is 5.56 Å². The molecule has 0 N–H and O–H groups in total. The fourth-order valence-corrected chi connectivity index (χ4v) is 1.23. The molecular formula is C12H12N. The van der Waals surface area contributed by atoms with E-state index in [1.165, 1.54) is 0 Å². The zero-order chi connectivity index (χ0) is 9.84. The normalized spacial score (nSPS) is 11.8. The molecule has 1 aromatic rings. The third kappa shape index (κ3) is 2.19. The first kappa shape index (κ1) is 9.54. The molecule has 0 heterocycles. The maximum atomic E-state index is 8.74. The van der Waals surface area contributed by atoms with E-state index in [9.17, 15) is 0 Å². The van der Waals surface area contributed by atoms with Crippen LogP contribution < -0.4 is 0 Å². The second-order valence-corrected chi connectivity index (χ2v) is 3.09. The number of nitriles is 1. The lowest BCUT2D eigenvalue weighted by atomic mass is 9.97. The highest BCUT2D eigenvalue weighted by Gasteiger charge is 2.02. The van der Waals surface area contributed by atoms with Gasteiger partial charge in [-0.25, -0.2) is 0 Å². The van der Waals surface area contributed by atoms with Crippen molar-refractivity contribution in [3.8, 4) is 6.07 Å². The lowest BCUT2D eigenvalue weighted by molar-refractivity contribution is 1.08. The second kappa shape index (κ2) is 3.91. The number of nitrogens with zero attached hydrogens (tertiary/aromatic N) is 1. The minimum atomic E-state index is 0.0620. The van der Waals surface area contributed by atoms with E-state index in [4.69, 9.17) is 5.26 Å². The van der Waals surface area contributed by atoms with Crippen molar-refractivity contribution < 1.29 is 0 Å². The Labute approximate surface area is 79.3 Å². The fraction of sp³-hybridized carbons (Fsp3) is 0.167. The molecule has 0 aromatic heterocycles. The van der Waals surface area contributed by atoms with Crippen LogP contribution in [0.25, 0.3) is 0 Å². The van der Waals surface area contributed by atoms with Crippen LogP contribution in [0.2, 0.25) is 0 Å². The predicted octanol–water partition coefficient (Wildman–Crippen LogP) is 2.97. The monoisotopic (exact) mass is 170 g/mol. The molecule has 1 radical (unpaired) electrons. The molecule has 0 saturated heterocycles. The molecular weight excluding hydrogens is 158 g/mol. The molecule has 1 unspecified atom stereocenters. The van der Waals surface area contributed by atoms with Crippen molar-refractivity contribution >= 4 is 0 Å². The molecule has 0 amide bonds. The van der Waals surface area contributed by atoms with E-state index in [1.807, 2.05) is 25.1 Å². The average Bonchev–Trinajstić information content (AvgIpc) is 2.15. The zero-order valence-corrected chi connectivity index (χ0v) is 7.75. The van der Waals surface area contributed by atoms with Gasteiger partial charge in [-0.05, 0) is 37.1 Å². The number of hydrogen-bond acceptors (Lipinski definition) is 1. The molecule has 0 aliphatic carbocycles. The summed E-state index contributed by atoms with van der Waals surface area (Å²) < 4.78 is 0. The van der Waals surface area contributed by atoms with E-state index in [1.54, 1.807) is 6.08 Å². The smallest absolute Gasteiger partial charge is 0.0991 e. The van der Waals surface area contributed by atoms with E-state index in [-0.39, 0.29) is 5.92 Å². The van der Waals surface area contributed by atoms with Crippen LogP contribution >= 0.6 is 0 Å². The summed E-state index contributed by atoms with van der Waals surface area (Å²) in [6, 6.07) is 7.87. The molecule has 1 aromatic carbocycles. The molecule has 13 heavy (non-hydrogen) atoms. The van der Waals surface area contributed by atoms with Gasteiger partial charge in [0, 0.05) is 5.92 Å². The Morgan fingerprint density at radius 3 is 2.69 bits per heavy atom. The molecule has 65 valence electrons. The molecule has 0 aliphatic rings. The number of hydrogen-bond donors (Lipinski definition) is 0. The van der Waals surface area contributed by atoms with Crippen molar-refractivity contribution in [1.82, 2.24) is 0 Å². The van der Waals surface area contributed by atoms with Crippen LogP contribution in [-0.2, 0) is 0 Å². The molecule has 0 bridgehead atoms. The Hall–Kier alpha value is -1.55. The quantitative estimate of drug-likeness (QED) is 0.626. The number of rotatable bonds is 2. The van der Waals surface area contributed by atoms with E-state index in [0.717, 1.165) is 11.1 Å². The van der Waals surface area contributed by atoms with Gasteiger partial charge in [-0.1, -0.05) is 12.1 Å². The summed E-state index contributed by atoms with van der Waals surface area (Å²) >= 11 is 0. The van der Waals surface area contributed by atoms with Gasteiger partial charge in [0.05, 0.1) is 11.6 Å². The molecule has 1 nitrogen and oxygen atoms in total. The van der Waals surface area contributed by atoms with Crippen molar-refractivity contribution in [2.75, 3.05) is 0 Å². The Morgan fingerprint density at radius 2 is 2.15 bits per heavy atom. The average molecular weight is 170 g/mol. The van der Waals surface area contributed by atoms with Gasteiger partial charge in [-0.3, -0.25) is 0 Å². The highest BCUT2D eigenvalue weighted by molar-refractivity contribution is 5.39. The topological polar surface area (TPSA) is 23.8 Å². The molecule has 1 heteroatoms. The maximum absolute atomic E-state index is 8.74. The van der Waals surface area contributed by atoms with Crippen LogP contribution in [-0.4, -0.2) is 0 Å². The molecule has 0 fully saturated rings. The summed E-state index contributed by atoms with van der Waals surface area (Å²) in [5.74, 6) is 0.0620. The predicted molar refractivity (Wildman–Crippen MR) is 54.2 cm³/mol. The summed E-state index contributed by atoms with van der Waals surface area (Å²) in [7, 11) is 0. The number of aryl methyl sites for hydroxylation is 1. The zero-order valence-electron chi connectivity index (χ0n) is 7.75. The number of benzene rings is 1. The first-order chi connectivity index (χ1) is 6.17. The SMILES string of the molecule is [CH2]C(C=C)c1cc(C)cc(C#N)c1. The van der Waals surface area contributed by atoms with E-state index < -0.39 is 0 Å². The van der Waals surface area contributed by atoms with Crippen LogP contribution in [0.5, 0.6) is 0 Å². The van der Waals surface area contributed by atoms with Gasteiger partial charge in [0.15, 0.2) is 0 Å². The highest BCUT2D eigenvalue weighted by atomic mass is 14.2. The van der Waals surface area contributed by atoms with Crippen LogP contribution in [0.1, 0.15) is 22.6 Å². The minimum absolute atomic E-state index is 0.0620. The van der Waals surface area contributed by atoms with Crippen molar-refractivity contribution in [1.29, 1.82) is 5.26 Å². The highest BCUT2D eigenvalue weighted by Crippen LogP contribution is 2.18. The van der Waals surface area contributed by atoms with E-state index in [2.05, 4.69) is 19.6 Å². The summed E-state index contributed by atoms with van der Waals surface area (Å²) in [4.78, 5) is 0. The lowest BCUT2D eigenvalue weighted by Crippen LogP contribution is -1.91. The van der Waals surface area contributed by atoms with Gasteiger partial charge in [0.1, 0.15) is 0 Å². The van der Waals surface area contributed by atoms with Crippen LogP contribution in [0.3, 0.4) is 0 Å². The second-order valence-electron chi connectivity index (χ2n) is 3.09. The van der Waals surface area contributed by atoms with Gasteiger partial charge in [0.25, 0.3) is 0 Å². The fourth-order valence-electron chi connectivity index (χ4n) is 1.23. The minimum Gasteiger partial charge on any atom is -0.192 e. The van der Waals surface area contributed by atoms with Gasteiger partial charge in [0.2, 0.25) is 0 Å². The lowest BCUT2D eigenvalue weighted by Gasteiger charge is -2.07. The van der Waals surface area contributed by atoms with Crippen LogP contribution in [0.15, 0.2) is 30.9 Å². The van der Waals surface area contributed by atoms with Crippen LogP contribution in [0.4, 0.5) is 0 Å². The standard InChI is InChI=1S/C12H12N/c1-4-10(3)12-6-9(2)5-11(7-12)8-13/h4-7,10H,1,3H2,2H3. The summed E-state index contributed by atoms with van der Waals surface area (Å²) in [5, 5.41) is 8.74.